The van der Waals surface area contributed by atoms with Gasteiger partial charge in [0.25, 0.3) is 0 Å². The third-order valence-corrected chi connectivity index (χ3v) is 6.70. The van der Waals surface area contributed by atoms with Crippen molar-refractivity contribution in [3.63, 3.8) is 0 Å². The summed E-state index contributed by atoms with van der Waals surface area (Å²) in [6, 6.07) is 15.2. The molecule has 0 aliphatic carbocycles. The van der Waals surface area contributed by atoms with Crippen molar-refractivity contribution < 1.29 is 13.9 Å². The van der Waals surface area contributed by atoms with Gasteiger partial charge >= 0.3 is 0 Å². The van der Waals surface area contributed by atoms with Crippen molar-refractivity contribution in [2.24, 2.45) is 4.99 Å². The van der Waals surface area contributed by atoms with E-state index in [-0.39, 0.29) is 11.2 Å². The van der Waals surface area contributed by atoms with Gasteiger partial charge in [0.15, 0.2) is 5.96 Å². The number of ether oxygens (including phenoxy) is 2. The first-order chi connectivity index (χ1) is 15.6. The van der Waals surface area contributed by atoms with Gasteiger partial charge in [-0.15, -0.1) is 0 Å². The van der Waals surface area contributed by atoms with E-state index in [1.807, 2.05) is 31.3 Å². The molecule has 4 rings (SSSR count). The van der Waals surface area contributed by atoms with Crippen molar-refractivity contribution >= 4 is 11.6 Å². The Bertz CT molecular complexity index is 904. The molecular weight excluding hydrogens is 407 g/mol. The summed E-state index contributed by atoms with van der Waals surface area (Å²) in [6.07, 6.45) is 1.82. The number of piperazine rings is 1. The van der Waals surface area contributed by atoms with E-state index >= 15 is 0 Å². The lowest BCUT2D eigenvalue weighted by atomic mass is 9.74. The van der Waals surface area contributed by atoms with Crippen molar-refractivity contribution in [1.82, 2.24) is 10.2 Å². The molecule has 172 valence electrons. The van der Waals surface area contributed by atoms with Gasteiger partial charge in [0, 0.05) is 70.2 Å². The summed E-state index contributed by atoms with van der Waals surface area (Å²) < 4.78 is 24.5. The van der Waals surface area contributed by atoms with Crippen LogP contribution in [0.25, 0.3) is 0 Å². The number of aliphatic imine (C=N–C) groups is 1. The van der Waals surface area contributed by atoms with E-state index in [0.717, 1.165) is 76.1 Å². The molecule has 0 amide bonds. The molecule has 0 bridgehead atoms. The molecule has 2 aromatic carbocycles. The lowest BCUT2D eigenvalue weighted by Gasteiger charge is -2.41. The van der Waals surface area contributed by atoms with Crippen molar-refractivity contribution in [2.45, 2.75) is 18.3 Å². The third-order valence-electron chi connectivity index (χ3n) is 6.70. The number of hydrogen-bond acceptors (Lipinski definition) is 4. The molecule has 7 heteroatoms. The van der Waals surface area contributed by atoms with Crippen molar-refractivity contribution in [3.8, 4) is 5.75 Å². The molecule has 2 aliphatic rings. The number of halogens is 1. The molecular formula is C25H33FN4O2. The highest BCUT2D eigenvalue weighted by molar-refractivity contribution is 5.80. The second-order valence-corrected chi connectivity index (χ2v) is 8.48. The normalized spacial score (nSPS) is 19.0. The molecule has 32 heavy (non-hydrogen) atoms. The number of anilines is 1. The molecule has 2 aromatic rings. The Hall–Kier alpha value is -2.80. The minimum atomic E-state index is -0.200. The minimum absolute atomic E-state index is 0.0791. The van der Waals surface area contributed by atoms with E-state index in [9.17, 15) is 4.39 Å². The third kappa shape index (κ3) is 4.99. The fourth-order valence-corrected chi connectivity index (χ4v) is 4.70. The lowest BCUT2D eigenvalue weighted by Crippen LogP contribution is -2.55. The molecule has 0 radical (unpaired) electrons. The number of hydrogen-bond donors (Lipinski definition) is 1. The first-order valence-corrected chi connectivity index (χ1v) is 11.3. The van der Waals surface area contributed by atoms with Crippen LogP contribution in [0.3, 0.4) is 0 Å². The molecule has 2 fully saturated rings. The monoisotopic (exact) mass is 440 g/mol. The van der Waals surface area contributed by atoms with E-state index in [1.54, 1.807) is 19.2 Å². The summed E-state index contributed by atoms with van der Waals surface area (Å²) in [4.78, 5) is 9.26. The van der Waals surface area contributed by atoms with Gasteiger partial charge in [0.1, 0.15) is 11.6 Å². The number of guanidine groups is 1. The topological polar surface area (TPSA) is 49.3 Å². The van der Waals surface area contributed by atoms with Gasteiger partial charge < -0.3 is 24.6 Å². The van der Waals surface area contributed by atoms with Gasteiger partial charge in [-0.3, -0.25) is 4.99 Å². The summed E-state index contributed by atoms with van der Waals surface area (Å²) in [5.74, 6) is 1.60. The van der Waals surface area contributed by atoms with E-state index in [2.05, 4.69) is 32.2 Å². The quantitative estimate of drug-likeness (QED) is 0.571. The molecule has 0 saturated carbocycles. The summed E-state index contributed by atoms with van der Waals surface area (Å²) in [6.45, 7) is 5.82. The smallest absolute Gasteiger partial charge is 0.193 e. The highest BCUT2D eigenvalue weighted by Gasteiger charge is 2.35. The molecule has 0 aromatic heterocycles. The molecule has 0 spiro atoms. The van der Waals surface area contributed by atoms with Crippen LogP contribution in [0.2, 0.25) is 0 Å². The van der Waals surface area contributed by atoms with Crippen molar-refractivity contribution in [3.05, 3.63) is 59.9 Å². The van der Waals surface area contributed by atoms with Gasteiger partial charge in [0.2, 0.25) is 0 Å². The van der Waals surface area contributed by atoms with E-state index in [4.69, 9.17) is 9.47 Å². The van der Waals surface area contributed by atoms with Crippen LogP contribution in [0.15, 0.2) is 53.5 Å². The van der Waals surface area contributed by atoms with E-state index in [0.29, 0.717) is 0 Å². The SMILES string of the molecule is CN=C(NCC1(c2ccc(F)cc2)CCOCC1)N1CCN(c2cccc(OC)c2)CC1. The molecule has 0 atom stereocenters. The van der Waals surface area contributed by atoms with Crippen LogP contribution in [-0.4, -0.2) is 71.0 Å². The molecule has 0 unspecified atom stereocenters. The van der Waals surface area contributed by atoms with Gasteiger partial charge in [-0.2, -0.15) is 0 Å². The lowest BCUT2D eigenvalue weighted by molar-refractivity contribution is 0.0511. The Balaban J connectivity index is 1.39. The summed E-state index contributed by atoms with van der Waals surface area (Å²) in [7, 11) is 3.54. The van der Waals surface area contributed by atoms with Gasteiger partial charge in [0.05, 0.1) is 7.11 Å². The average Bonchev–Trinajstić information content (AvgIpc) is 2.86. The van der Waals surface area contributed by atoms with Gasteiger partial charge in [-0.25, -0.2) is 4.39 Å². The summed E-state index contributed by atoms with van der Waals surface area (Å²) in [5, 5.41) is 3.62. The summed E-state index contributed by atoms with van der Waals surface area (Å²) in [5.41, 5.74) is 2.27. The maximum absolute atomic E-state index is 13.5. The molecule has 2 heterocycles. The maximum atomic E-state index is 13.5. The van der Waals surface area contributed by atoms with E-state index in [1.165, 1.54) is 5.69 Å². The fraction of sp³-hybridized carbons (Fsp3) is 0.480. The number of nitrogens with one attached hydrogen (secondary N) is 1. The second kappa shape index (κ2) is 10.2. The zero-order valence-corrected chi connectivity index (χ0v) is 19.0. The summed E-state index contributed by atoms with van der Waals surface area (Å²) >= 11 is 0. The predicted molar refractivity (Wildman–Crippen MR) is 126 cm³/mol. The number of rotatable bonds is 5. The Morgan fingerprint density at radius 1 is 1.09 bits per heavy atom. The first-order valence-electron chi connectivity index (χ1n) is 11.3. The Kier molecular flexibility index (Phi) is 7.15. The average molecular weight is 441 g/mol. The largest absolute Gasteiger partial charge is 0.497 e. The highest BCUT2D eigenvalue weighted by Crippen LogP contribution is 2.34. The number of benzene rings is 2. The molecule has 2 saturated heterocycles. The maximum Gasteiger partial charge on any atom is 0.193 e. The van der Waals surface area contributed by atoms with Crippen LogP contribution in [0.5, 0.6) is 5.75 Å². The molecule has 6 nitrogen and oxygen atoms in total. The predicted octanol–water partition coefficient (Wildman–Crippen LogP) is 3.28. The first kappa shape index (κ1) is 22.4. The van der Waals surface area contributed by atoms with Crippen LogP contribution in [0, 0.1) is 5.82 Å². The van der Waals surface area contributed by atoms with Crippen molar-refractivity contribution in [1.29, 1.82) is 0 Å². The number of methoxy groups -OCH3 is 1. The Morgan fingerprint density at radius 2 is 1.81 bits per heavy atom. The number of nitrogens with zero attached hydrogens (tertiary/aromatic N) is 3. The van der Waals surface area contributed by atoms with Gasteiger partial charge in [-0.1, -0.05) is 18.2 Å². The minimum Gasteiger partial charge on any atom is -0.497 e. The van der Waals surface area contributed by atoms with E-state index < -0.39 is 0 Å². The van der Waals surface area contributed by atoms with Crippen LogP contribution in [0.1, 0.15) is 18.4 Å². The van der Waals surface area contributed by atoms with Crippen LogP contribution < -0.4 is 15.0 Å². The molecule has 1 N–H and O–H groups in total. The van der Waals surface area contributed by atoms with Crippen LogP contribution in [0.4, 0.5) is 10.1 Å². The van der Waals surface area contributed by atoms with Crippen LogP contribution in [-0.2, 0) is 10.2 Å². The van der Waals surface area contributed by atoms with Gasteiger partial charge in [-0.05, 0) is 42.7 Å². The van der Waals surface area contributed by atoms with Crippen molar-refractivity contribution in [2.75, 3.05) is 65.0 Å². The second-order valence-electron chi connectivity index (χ2n) is 8.48. The standard InChI is InChI=1S/C25H33FN4O2/c1-27-24(30-14-12-29(13-15-30)22-4-3-5-23(18-22)31-2)28-19-25(10-16-32-17-11-25)20-6-8-21(26)9-7-20/h3-9,18H,10-17,19H2,1-2H3,(H,27,28). The zero-order chi connectivity index (χ0) is 22.4. The Labute approximate surface area is 190 Å². The highest BCUT2D eigenvalue weighted by atomic mass is 19.1. The zero-order valence-electron chi connectivity index (χ0n) is 19.0. The van der Waals surface area contributed by atoms with Crippen LogP contribution >= 0.6 is 0 Å². The fourth-order valence-electron chi connectivity index (χ4n) is 4.70. The molecule has 2 aliphatic heterocycles. The Morgan fingerprint density at radius 3 is 2.47 bits per heavy atom.